The maximum Gasteiger partial charge on any atom is 0.228 e. The Morgan fingerprint density at radius 1 is 0.864 bits per heavy atom. The third kappa shape index (κ3) is 2.64. The summed E-state index contributed by atoms with van der Waals surface area (Å²) in [6, 6.07) is 0.816. The molecule has 4 aliphatic rings. The van der Waals surface area contributed by atoms with Gasteiger partial charge >= 0.3 is 0 Å². The van der Waals surface area contributed by atoms with Crippen molar-refractivity contribution in [2.24, 2.45) is 11.8 Å². The molecule has 1 aliphatic carbocycles. The van der Waals surface area contributed by atoms with E-state index in [0.29, 0.717) is 30.4 Å². The summed E-state index contributed by atoms with van der Waals surface area (Å²) in [7, 11) is 0. The molecule has 2 bridgehead atoms. The molecule has 3 unspecified atom stereocenters. The van der Waals surface area contributed by atoms with E-state index in [9.17, 15) is 9.59 Å². The second-order valence-corrected chi connectivity index (χ2v) is 7.52. The maximum absolute atomic E-state index is 13.1. The van der Waals surface area contributed by atoms with E-state index in [2.05, 4.69) is 10.2 Å². The van der Waals surface area contributed by atoms with Crippen LogP contribution in [0.1, 0.15) is 44.9 Å². The van der Waals surface area contributed by atoms with Crippen molar-refractivity contribution in [3.8, 4) is 0 Å². The minimum Gasteiger partial charge on any atom is -0.342 e. The number of piperidine rings is 1. The number of nitrogens with zero attached hydrogens (tertiary/aromatic N) is 2. The molecule has 1 saturated carbocycles. The van der Waals surface area contributed by atoms with Crippen molar-refractivity contribution in [1.29, 1.82) is 0 Å². The first kappa shape index (κ1) is 14.5. The Bertz CT molecular complexity index is 449. The first-order valence-electron chi connectivity index (χ1n) is 9.05. The van der Waals surface area contributed by atoms with Gasteiger partial charge in [-0.05, 0) is 51.5 Å². The van der Waals surface area contributed by atoms with Crippen LogP contribution in [-0.2, 0) is 9.59 Å². The van der Waals surface area contributed by atoms with Crippen molar-refractivity contribution in [3.63, 3.8) is 0 Å². The zero-order valence-electron chi connectivity index (χ0n) is 13.3. The molecule has 3 atom stereocenters. The lowest BCUT2D eigenvalue weighted by atomic mass is 9.95. The Morgan fingerprint density at radius 2 is 1.68 bits per heavy atom. The third-order valence-corrected chi connectivity index (χ3v) is 5.92. The lowest BCUT2D eigenvalue weighted by Gasteiger charge is -2.37. The molecular formula is C17H27N3O2. The van der Waals surface area contributed by atoms with Gasteiger partial charge in [0.05, 0.1) is 5.92 Å². The number of nitrogens with one attached hydrogen (secondary N) is 1. The van der Waals surface area contributed by atoms with Gasteiger partial charge in [0.15, 0.2) is 0 Å². The minimum atomic E-state index is 0.0395. The van der Waals surface area contributed by atoms with Gasteiger partial charge in [-0.2, -0.15) is 0 Å². The molecule has 5 heteroatoms. The molecular weight excluding hydrogens is 278 g/mol. The Hall–Kier alpha value is -1.10. The van der Waals surface area contributed by atoms with Gasteiger partial charge in [0, 0.05) is 37.6 Å². The van der Waals surface area contributed by atoms with Crippen LogP contribution in [0.5, 0.6) is 0 Å². The van der Waals surface area contributed by atoms with Crippen LogP contribution >= 0.6 is 0 Å². The van der Waals surface area contributed by atoms with E-state index in [-0.39, 0.29) is 11.8 Å². The molecule has 5 nitrogen and oxygen atoms in total. The van der Waals surface area contributed by atoms with Gasteiger partial charge in [-0.1, -0.05) is 0 Å². The third-order valence-electron chi connectivity index (χ3n) is 5.92. The van der Waals surface area contributed by atoms with Gasteiger partial charge in [0.25, 0.3) is 0 Å². The van der Waals surface area contributed by atoms with Crippen LogP contribution in [0, 0.1) is 11.8 Å². The summed E-state index contributed by atoms with van der Waals surface area (Å²) < 4.78 is 0. The Balaban J connectivity index is 1.44. The zero-order valence-corrected chi connectivity index (χ0v) is 13.3. The first-order chi connectivity index (χ1) is 10.7. The lowest BCUT2D eigenvalue weighted by Crippen LogP contribution is -2.50. The molecule has 3 aliphatic heterocycles. The number of fused-ring (bicyclic) bond motifs is 2. The van der Waals surface area contributed by atoms with Gasteiger partial charge in [0.2, 0.25) is 11.8 Å². The van der Waals surface area contributed by atoms with Crippen LogP contribution in [0.3, 0.4) is 0 Å². The number of hydrogen-bond donors (Lipinski definition) is 1. The molecule has 0 radical (unpaired) electrons. The van der Waals surface area contributed by atoms with Crippen LogP contribution in [0.15, 0.2) is 0 Å². The average molecular weight is 305 g/mol. The minimum absolute atomic E-state index is 0.0395. The molecule has 3 heterocycles. The van der Waals surface area contributed by atoms with Crippen molar-refractivity contribution >= 4 is 11.8 Å². The highest BCUT2D eigenvalue weighted by Crippen LogP contribution is 2.34. The topological polar surface area (TPSA) is 52.7 Å². The predicted octanol–water partition coefficient (Wildman–Crippen LogP) is 0.988. The largest absolute Gasteiger partial charge is 0.342 e. The second kappa shape index (κ2) is 5.84. The van der Waals surface area contributed by atoms with E-state index in [0.717, 1.165) is 64.6 Å². The van der Waals surface area contributed by atoms with Gasteiger partial charge in [-0.25, -0.2) is 0 Å². The highest BCUT2D eigenvalue weighted by Gasteiger charge is 2.42. The number of likely N-dealkylation sites (tertiary alicyclic amines) is 1. The van der Waals surface area contributed by atoms with E-state index in [4.69, 9.17) is 0 Å². The van der Waals surface area contributed by atoms with Crippen LogP contribution in [0.4, 0.5) is 0 Å². The molecule has 1 N–H and O–H groups in total. The molecule has 2 amide bonds. The molecule has 0 spiro atoms. The molecule has 0 aromatic rings. The smallest absolute Gasteiger partial charge is 0.228 e. The fraction of sp³-hybridized carbons (Fsp3) is 0.882. The van der Waals surface area contributed by atoms with Gasteiger partial charge in [-0.15, -0.1) is 0 Å². The SMILES string of the molecule is O=C(C1CC1)N1CCCC(C(=O)N2C3CCNCC2CC3)C1. The summed E-state index contributed by atoms with van der Waals surface area (Å²) in [6.07, 6.45) is 7.43. The lowest BCUT2D eigenvalue weighted by molar-refractivity contribution is -0.143. The van der Waals surface area contributed by atoms with Crippen molar-refractivity contribution < 1.29 is 9.59 Å². The van der Waals surface area contributed by atoms with E-state index < -0.39 is 0 Å². The van der Waals surface area contributed by atoms with E-state index in [1.54, 1.807) is 0 Å². The standard InChI is InChI=1S/C17H27N3O2/c21-16(12-3-4-12)19-9-1-2-13(11-19)17(22)20-14-5-6-15(20)10-18-8-7-14/h12-15,18H,1-11H2. The van der Waals surface area contributed by atoms with Gasteiger partial charge in [-0.3, -0.25) is 9.59 Å². The summed E-state index contributed by atoms with van der Waals surface area (Å²) >= 11 is 0. The molecule has 4 rings (SSSR count). The highest BCUT2D eigenvalue weighted by molar-refractivity contribution is 5.84. The molecule has 0 aromatic carbocycles. The molecule has 122 valence electrons. The van der Waals surface area contributed by atoms with Crippen molar-refractivity contribution in [1.82, 2.24) is 15.1 Å². The summed E-state index contributed by atoms with van der Waals surface area (Å²) in [4.78, 5) is 29.5. The van der Waals surface area contributed by atoms with Crippen LogP contribution in [0.2, 0.25) is 0 Å². The van der Waals surface area contributed by atoms with E-state index in [1.165, 1.54) is 0 Å². The van der Waals surface area contributed by atoms with E-state index >= 15 is 0 Å². The Morgan fingerprint density at radius 3 is 2.50 bits per heavy atom. The summed E-state index contributed by atoms with van der Waals surface area (Å²) in [5.74, 6) is 0.938. The molecule has 22 heavy (non-hydrogen) atoms. The molecule has 4 fully saturated rings. The number of amides is 2. The normalized spacial score (nSPS) is 35.4. The van der Waals surface area contributed by atoms with Crippen molar-refractivity contribution in [2.75, 3.05) is 26.2 Å². The quantitative estimate of drug-likeness (QED) is 0.828. The Kier molecular flexibility index (Phi) is 3.84. The molecule has 3 saturated heterocycles. The number of hydrogen-bond acceptors (Lipinski definition) is 3. The number of carbonyl (C=O) groups excluding carboxylic acids is 2. The number of rotatable bonds is 2. The maximum atomic E-state index is 13.1. The van der Waals surface area contributed by atoms with Gasteiger partial charge < -0.3 is 15.1 Å². The average Bonchev–Trinajstić information content (AvgIpc) is 3.31. The van der Waals surface area contributed by atoms with Gasteiger partial charge in [0.1, 0.15) is 0 Å². The highest BCUT2D eigenvalue weighted by atomic mass is 16.2. The number of carbonyl (C=O) groups is 2. The monoisotopic (exact) mass is 305 g/mol. The second-order valence-electron chi connectivity index (χ2n) is 7.52. The van der Waals surface area contributed by atoms with Crippen LogP contribution in [0.25, 0.3) is 0 Å². The first-order valence-corrected chi connectivity index (χ1v) is 9.05. The van der Waals surface area contributed by atoms with Crippen molar-refractivity contribution in [3.05, 3.63) is 0 Å². The van der Waals surface area contributed by atoms with Crippen molar-refractivity contribution in [2.45, 2.75) is 57.0 Å². The summed E-state index contributed by atoms with van der Waals surface area (Å²) in [6.45, 7) is 3.49. The summed E-state index contributed by atoms with van der Waals surface area (Å²) in [5, 5.41) is 3.46. The van der Waals surface area contributed by atoms with Crippen LogP contribution < -0.4 is 5.32 Å². The summed E-state index contributed by atoms with van der Waals surface area (Å²) in [5.41, 5.74) is 0. The van der Waals surface area contributed by atoms with E-state index in [1.807, 2.05) is 4.90 Å². The van der Waals surface area contributed by atoms with Crippen LogP contribution in [-0.4, -0.2) is 59.9 Å². The Labute approximate surface area is 132 Å². The predicted molar refractivity (Wildman–Crippen MR) is 83.2 cm³/mol. The fourth-order valence-corrected chi connectivity index (χ4v) is 4.52. The fourth-order valence-electron chi connectivity index (χ4n) is 4.52. The molecule has 0 aromatic heterocycles. The zero-order chi connectivity index (χ0) is 15.1.